The lowest BCUT2D eigenvalue weighted by Crippen LogP contribution is -2.40. The Labute approximate surface area is 148 Å². The zero-order valence-electron chi connectivity index (χ0n) is 14.4. The summed E-state index contributed by atoms with van der Waals surface area (Å²) in [5.41, 5.74) is 1.68. The fourth-order valence-corrected chi connectivity index (χ4v) is 4.92. The second kappa shape index (κ2) is 6.77. The molecule has 0 radical (unpaired) electrons. The van der Waals surface area contributed by atoms with E-state index in [1.807, 2.05) is 0 Å². The van der Waals surface area contributed by atoms with Gasteiger partial charge in [-0.05, 0) is 60.2 Å². The minimum absolute atomic E-state index is 0.139. The van der Waals surface area contributed by atoms with Gasteiger partial charge in [0.05, 0.1) is 5.75 Å². The molecule has 5 heteroatoms. The normalized spacial score (nSPS) is 23.0. The number of nitrogens with one attached hydrogen (secondary N) is 1. The first kappa shape index (κ1) is 17.3. The minimum atomic E-state index is 0.139. The van der Waals surface area contributed by atoms with E-state index in [1.165, 1.54) is 24.8 Å². The van der Waals surface area contributed by atoms with Crippen LogP contribution in [0.15, 0.2) is 16.8 Å². The van der Waals surface area contributed by atoms with Gasteiger partial charge in [0.15, 0.2) is 0 Å². The highest BCUT2D eigenvalue weighted by Gasteiger charge is 2.57. The molecule has 23 heavy (non-hydrogen) atoms. The number of carbonyl (C=O) groups excluding carboxylic acids is 1. The Morgan fingerprint density at radius 1 is 1.43 bits per heavy atom. The van der Waals surface area contributed by atoms with Gasteiger partial charge < -0.3 is 10.2 Å². The molecule has 1 saturated carbocycles. The summed E-state index contributed by atoms with van der Waals surface area (Å²) in [6, 6.07) is 2.61. The van der Waals surface area contributed by atoms with Crippen molar-refractivity contribution in [1.82, 2.24) is 10.2 Å². The Morgan fingerprint density at radius 2 is 2.17 bits per heavy atom. The lowest BCUT2D eigenvalue weighted by atomic mass is 9.93. The van der Waals surface area contributed by atoms with Gasteiger partial charge in [0.1, 0.15) is 0 Å². The monoisotopic (exact) mass is 352 g/mol. The van der Waals surface area contributed by atoms with E-state index in [1.54, 1.807) is 23.1 Å². The number of hydrogen-bond donors (Lipinski definition) is 1. The molecular weight excluding hydrogens is 324 g/mol. The molecule has 1 saturated heterocycles. The third kappa shape index (κ3) is 4.31. The number of amides is 1. The summed E-state index contributed by atoms with van der Waals surface area (Å²) in [6.45, 7) is 9.53. The van der Waals surface area contributed by atoms with E-state index >= 15 is 0 Å². The van der Waals surface area contributed by atoms with Crippen LogP contribution in [-0.4, -0.2) is 40.4 Å². The van der Waals surface area contributed by atoms with Crippen molar-refractivity contribution in [3.05, 3.63) is 22.4 Å². The maximum Gasteiger partial charge on any atom is 0.233 e. The quantitative estimate of drug-likeness (QED) is 0.876. The third-order valence-corrected chi connectivity index (χ3v) is 6.99. The van der Waals surface area contributed by atoms with Crippen LogP contribution in [0, 0.1) is 5.41 Å². The summed E-state index contributed by atoms with van der Waals surface area (Å²) < 4.78 is 0.139. The van der Waals surface area contributed by atoms with Crippen LogP contribution in [0.1, 0.15) is 45.6 Å². The molecule has 0 aromatic carbocycles. The summed E-state index contributed by atoms with van der Waals surface area (Å²) in [4.78, 5) is 15.1. The molecular formula is C18H28N2OS2. The maximum atomic E-state index is 12.9. The van der Waals surface area contributed by atoms with E-state index in [2.05, 4.69) is 47.8 Å². The molecule has 1 amide bonds. The molecule has 1 atom stereocenters. The molecule has 1 aliphatic carbocycles. The molecule has 128 valence electrons. The van der Waals surface area contributed by atoms with Crippen molar-refractivity contribution in [2.75, 3.05) is 18.8 Å². The average Bonchev–Trinajstić information content (AvgIpc) is 2.95. The smallest absolute Gasteiger partial charge is 0.233 e. The van der Waals surface area contributed by atoms with Crippen LogP contribution in [-0.2, 0) is 11.3 Å². The molecule has 1 aliphatic heterocycles. The maximum absolute atomic E-state index is 12.9. The Hall–Kier alpha value is -0.520. The zero-order chi connectivity index (χ0) is 16.5. The Balaban J connectivity index is 1.68. The van der Waals surface area contributed by atoms with Gasteiger partial charge in [0.2, 0.25) is 5.91 Å². The van der Waals surface area contributed by atoms with Gasteiger partial charge in [-0.15, -0.1) is 11.8 Å². The molecule has 1 aromatic heterocycles. The van der Waals surface area contributed by atoms with Crippen molar-refractivity contribution < 1.29 is 4.79 Å². The van der Waals surface area contributed by atoms with Gasteiger partial charge >= 0.3 is 0 Å². The van der Waals surface area contributed by atoms with Crippen LogP contribution in [0.2, 0.25) is 0 Å². The second-order valence-corrected chi connectivity index (χ2v) is 10.5. The van der Waals surface area contributed by atoms with E-state index in [0.717, 1.165) is 19.6 Å². The summed E-state index contributed by atoms with van der Waals surface area (Å²) in [7, 11) is 0. The molecule has 1 N–H and O–H groups in total. The van der Waals surface area contributed by atoms with Crippen molar-refractivity contribution in [2.45, 2.75) is 57.4 Å². The van der Waals surface area contributed by atoms with Gasteiger partial charge in [-0.1, -0.05) is 20.8 Å². The van der Waals surface area contributed by atoms with Crippen LogP contribution in [0.25, 0.3) is 0 Å². The first-order chi connectivity index (χ1) is 10.9. The van der Waals surface area contributed by atoms with E-state index < -0.39 is 0 Å². The number of nitrogens with zero attached hydrogens (tertiary/aromatic N) is 1. The molecule has 1 unspecified atom stereocenters. The predicted octanol–water partition coefficient (Wildman–Crippen LogP) is 3.75. The van der Waals surface area contributed by atoms with Crippen LogP contribution >= 0.6 is 23.1 Å². The van der Waals surface area contributed by atoms with E-state index in [4.69, 9.17) is 0 Å². The Bertz CT molecular complexity index is 530. The van der Waals surface area contributed by atoms with Crippen molar-refractivity contribution >= 4 is 29.0 Å². The first-order valence-corrected chi connectivity index (χ1v) is 10.5. The Morgan fingerprint density at radius 3 is 2.78 bits per heavy atom. The van der Waals surface area contributed by atoms with Gasteiger partial charge in [0, 0.05) is 17.3 Å². The number of thioether (sulfide) groups is 1. The second-order valence-electron chi connectivity index (χ2n) is 7.89. The van der Waals surface area contributed by atoms with Crippen LogP contribution in [0.5, 0.6) is 0 Å². The Kier molecular flexibility index (Phi) is 5.09. The van der Waals surface area contributed by atoms with E-state index in [0.29, 0.717) is 23.1 Å². The number of hydrogen-bond acceptors (Lipinski definition) is 4. The van der Waals surface area contributed by atoms with Gasteiger partial charge in [-0.3, -0.25) is 4.79 Å². The highest BCUT2D eigenvalue weighted by molar-refractivity contribution is 8.01. The number of piperidine rings is 1. The largest absolute Gasteiger partial charge is 0.334 e. The molecule has 0 bridgehead atoms. The third-order valence-electron chi connectivity index (χ3n) is 5.00. The molecule has 2 heterocycles. The summed E-state index contributed by atoms with van der Waals surface area (Å²) >= 11 is 3.48. The average molecular weight is 353 g/mol. The van der Waals surface area contributed by atoms with Crippen molar-refractivity contribution in [1.29, 1.82) is 0 Å². The fourth-order valence-electron chi connectivity index (χ4n) is 3.54. The number of rotatable bonds is 5. The molecule has 1 spiro atoms. The first-order valence-electron chi connectivity index (χ1n) is 8.55. The van der Waals surface area contributed by atoms with Gasteiger partial charge in [-0.25, -0.2) is 0 Å². The standard InChI is InChI=1S/C18H28N2OS2/c1-17(2,3)23-13-16(21)20(11-14-4-9-22-12-14)15-10-18(15)5-7-19-8-6-18/h4,9,12,15,19H,5-8,10-11,13H2,1-3H3. The highest BCUT2D eigenvalue weighted by atomic mass is 32.2. The van der Waals surface area contributed by atoms with E-state index in [-0.39, 0.29) is 4.75 Å². The summed E-state index contributed by atoms with van der Waals surface area (Å²) in [5.74, 6) is 0.912. The molecule has 3 nitrogen and oxygen atoms in total. The molecule has 1 aromatic rings. The van der Waals surface area contributed by atoms with Crippen LogP contribution in [0.3, 0.4) is 0 Å². The molecule has 2 aliphatic rings. The van der Waals surface area contributed by atoms with Crippen molar-refractivity contribution in [3.8, 4) is 0 Å². The summed E-state index contributed by atoms with van der Waals surface area (Å²) in [5, 5.41) is 7.74. The topological polar surface area (TPSA) is 32.3 Å². The minimum Gasteiger partial charge on any atom is -0.334 e. The summed E-state index contributed by atoms with van der Waals surface area (Å²) in [6.07, 6.45) is 3.64. The van der Waals surface area contributed by atoms with Crippen molar-refractivity contribution in [2.24, 2.45) is 5.41 Å². The van der Waals surface area contributed by atoms with Crippen molar-refractivity contribution in [3.63, 3.8) is 0 Å². The van der Waals surface area contributed by atoms with Gasteiger partial charge in [-0.2, -0.15) is 11.3 Å². The van der Waals surface area contributed by atoms with Gasteiger partial charge in [0.25, 0.3) is 0 Å². The van der Waals surface area contributed by atoms with Crippen LogP contribution < -0.4 is 5.32 Å². The number of carbonyl (C=O) groups is 1. The zero-order valence-corrected chi connectivity index (χ0v) is 16.1. The number of thiophene rings is 1. The lowest BCUT2D eigenvalue weighted by molar-refractivity contribution is -0.130. The molecule has 2 fully saturated rings. The van der Waals surface area contributed by atoms with E-state index in [9.17, 15) is 4.79 Å². The lowest BCUT2D eigenvalue weighted by Gasteiger charge is -2.30. The predicted molar refractivity (Wildman–Crippen MR) is 100 cm³/mol. The van der Waals surface area contributed by atoms with Crippen LogP contribution in [0.4, 0.5) is 0 Å². The highest BCUT2D eigenvalue weighted by Crippen LogP contribution is 2.56. The SMILES string of the molecule is CC(C)(C)SCC(=O)N(Cc1ccsc1)C1CC12CCNCC2. The fraction of sp³-hybridized carbons (Fsp3) is 0.722. The molecule has 3 rings (SSSR count).